The normalized spacial score (nSPS) is 11.0. The minimum Gasteiger partial charge on any atom is -0.458 e. The fraction of sp³-hybridized carbons (Fsp3) is 0.200. The minimum absolute atomic E-state index is 0.113. The molecule has 0 aliphatic rings. The zero-order chi connectivity index (χ0) is 20.4. The van der Waals surface area contributed by atoms with Crippen LogP contribution in [0, 0.1) is 13.8 Å². The van der Waals surface area contributed by atoms with Crippen LogP contribution in [0.3, 0.4) is 0 Å². The van der Waals surface area contributed by atoms with E-state index in [9.17, 15) is 9.59 Å². The Morgan fingerprint density at radius 3 is 2.69 bits per heavy atom. The number of carbonyl (C=O) groups excluding carboxylic acids is 1. The van der Waals surface area contributed by atoms with Gasteiger partial charge in [-0.1, -0.05) is 35.9 Å². The molecule has 146 valence electrons. The summed E-state index contributed by atoms with van der Waals surface area (Å²) < 4.78 is 6.72. The van der Waals surface area contributed by atoms with Crippen LogP contribution in [0.4, 0.5) is 0 Å². The number of pyridine rings is 1. The van der Waals surface area contributed by atoms with Crippen molar-refractivity contribution in [3.63, 3.8) is 0 Å². The molecule has 3 aromatic heterocycles. The SMILES string of the molecule is Cc1ccc(-c2nnn(CC(=O)OCc3cc(=O)n4c(C)cccc4n3)n2)cc1. The minimum atomic E-state index is -0.552. The molecule has 0 unspecified atom stereocenters. The topological polar surface area (TPSA) is 104 Å². The van der Waals surface area contributed by atoms with Crippen molar-refractivity contribution < 1.29 is 9.53 Å². The van der Waals surface area contributed by atoms with Crippen molar-refractivity contribution in [3.05, 3.63) is 75.8 Å². The van der Waals surface area contributed by atoms with Crippen molar-refractivity contribution in [1.29, 1.82) is 0 Å². The molecule has 0 saturated carbocycles. The maximum Gasteiger partial charge on any atom is 0.330 e. The molecule has 0 spiro atoms. The standard InChI is InChI=1S/C20H18N6O3/c1-13-6-8-15(9-7-13)20-22-24-25(23-20)11-19(28)29-12-16-10-18(27)26-14(2)4-3-5-17(26)21-16/h3-10H,11-12H2,1-2H3. The van der Waals surface area contributed by atoms with Gasteiger partial charge in [0.15, 0.2) is 6.54 Å². The molecular weight excluding hydrogens is 372 g/mol. The number of esters is 1. The van der Waals surface area contributed by atoms with E-state index in [1.165, 1.54) is 15.3 Å². The third-order valence-electron chi connectivity index (χ3n) is 4.35. The summed E-state index contributed by atoms with van der Waals surface area (Å²) >= 11 is 0. The molecule has 29 heavy (non-hydrogen) atoms. The molecule has 9 nitrogen and oxygen atoms in total. The van der Waals surface area contributed by atoms with Gasteiger partial charge in [-0.05, 0) is 31.2 Å². The molecule has 0 bridgehead atoms. The van der Waals surface area contributed by atoms with Gasteiger partial charge in [0.25, 0.3) is 5.56 Å². The molecule has 4 aromatic rings. The Bertz CT molecular complexity index is 1240. The number of rotatable bonds is 5. The molecule has 0 fully saturated rings. The van der Waals surface area contributed by atoms with Crippen LogP contribution in [0.5, 0.6) is 0 Å². The summed E-state index contributed by atoms with van der Waals surface area (Å²) in [7, 11) is 0. The molecule has 1 aromatic carbocycles. The predicted octanol–water partition coefficient (Wildman–Crippen LogP) is 1.71. The van der Waals surface area contributed by atoms with E-state index >= 15 is 0 Å². The summed E-state index contributed by atoms with van der Waals surface area (Å²) in [6.07, 6.45) is 0. The van der Waals surface area contributed by atoms with E-state index < -0.39 is 5.97 Å². The van der Waals surface area contributed by atoms with E-state index in [2.05, 4.69) is 20.4 Å². The van der Waals surface area contributed by atoms with Crippen molar-refractivity contribution >= 4 is 11.6 Å². The Balaban J connectivity index is 1.41. The Kier molecular flexibility index (Phi) is 4.86. The van der Waals surface area contributed by atoms with Crippen molar-refractivity contribution in [2.24, 2.45) is 0 Å². The number of carbonyl (C=O) groups is 1. The number of fused-ring (bicyclic) bond motifs is 1. The number of benzene rings is 1. The van der Waals surface area contributed by atoms with Gasteiger partial charge in [0, 0.05) is 17.3 Å². The van der Waals surface area contributed by atoms with Crippen LogP contribution in [-0.2, 0) is 22.7 Å². The summed E-state index contributed by atoms with van der Waals surface area (Å²) in [4.78, 5) is 29.9. The van der Waals surface area contributed by atoms with Gasteiger partial charge < -0.3 is 4.74 Å². The second-order valence-corrected chi connectivity index (χ2v) is 6.62. The summed E-state index contributed by atoms with van der Waals surface area (Å²) in [5, 5.41) is 12.0. The summed E-state index contributed by atoms with van der Waals surface area (Å²) in [5.74, 6) is -0.124. The lowest BCUT2D eigenvalue weighted by Crippen LogP contribution is -2.20. The highest BCUT2D eigenvalue weighted by Crippen LogP contribution is 2.14. The lowest BCUT2D eigenvalue weighted by molar-refractivity contribution is -0.146. The van der Waals surface area contributed by atoms with Crippen LogP contribution in [-0.4, -0.2) is 35.6 Å². The fourth-order valence-electron chi connectivity index (χ4n) is 2.88. The second kappa shape index (κ2) is 7.63. The van der Waals surface area contributed by atoms with Crippen LogP contribution >= 0.6 is 0 Å². The first-order valence-electron chi connectivity index (χ1n) is 8.98. The highest BCUT2D eigenvalue weighted by Gasteiger charge is 2.12. The predicted molar refractivity (Wildman–Crippen MR) is 104 cm³/mol. The van der Waals surface area contributed by atoms with Gasteiger partial charge in [-0.2, -0.15) is 4.80 Å². The third-order valence-corrected chi connectivity index (χ3v) is 4.35. The van der Waals surface area contributed by atoms with Crippen LogP contribution in [0.1, 0.15) is 17.0 Å². The Hall–Kier alpha value is -3.88. The van der Waals surface area contributed by atoms with Gasteiger partial charge in [-0.25, -0.2) is 9.78 Å². The molecule has 0 aliphatic carbocycles. The largest absolute Gasteiger partial charge is 0.458 e. The lowest BCUT2D eigenvalue weighted by atomic mass is 10.1. The molecule has 0 saturated heterocycles. The van der Waals surface area contributed by atoms with E-state index in [-0.39, 0.29) is 18.7 Å². The number of aromatic nitrogens is 6. The third kappa shape index (κ3) is 4.03. The number of hydrogen-bond acceptors (Lipinski definition) is 7. The molecule has 0 amide bonds. The average Bonchev–Trinajstić information content (AvgIpc) is 3.15. The van der Waals surface area contributed by atoms with Gasteiger partial charge in [-0.15, -0.1) is 10.2 Å². The zero-order valence-corrected chi connectivity index (χ0v) is 15.9. The van der Waals surface area contributed by atoms with Crippen molar-refractivity contribution in [2.75, 3.05) is 0 Å². The van der Waals surface area contributed by atoms with Gasteiger partial charge in [-0.3, -0.25) is 9.20 Å². The average molecular weight is 390 g/mol. The quantitative estimate of drug-likeness (QED) is 0.478. The van der Waals surface area contributed by atoms with Crippen molar-refractivity contribution in [1.82, 2.24) is 29.6 Å². The number of nitrogens with zero attached hydrogens (tertiary/aromatic N) is 6. The first-order valence-corrected chi connectivity index (χ1v) is 8.98. The highest BCUT2D eigenvalue weighted by molar-refractivity contribution is 5.69. The number of ether oxygens (including phenoxy) is 1. The van der Waals surface area contributed by atoms with Crippen LogP contribution < -0.4 is 5.56 Å². The Morgan fingerprint density at radius 2 is 1.90 bits per heavy atom. The Labute approximate surface area is 165 Å². The Morgan fingerprint density at radius 1 is 1.10 bits per heavy atom. The smallest absolute Gasteiger partial charge is 0.330 e. The fourth-order valence-corrected chi connectivity index (χ4v) is 2.88. The van der Waals surface area contributed by atoms with Gasteiger partial charge in [0.05, 0.1) is 5.69 Å². The van der Waals surface area contributed by atoms with Gasteiger partial charge in [0.1, 0.15) is 12.3 Å². The van der Waals surface area contributed by atoms with Gasteiger partial charge >= 0.3 is 5.97 Å². The summed E-state index contributed by atoms with van der Waals surface area (Å²) in [6, 6.07) is 14.4. The van der Waals surface area contributed by atoms with Crippen LogP contribution in [0.2, 0.25) is 0 Å². The summed E-state index contributed by atoms with van der Waals surface area (Å²) in [6.45, 7) is 3.51. The first-order chi connectivity index (χ1) is 14.0. The van der Waals surface area contributed by atoms with E-state index in [0.717, 1.165) is 16.8 Å². The molecule has 9 heteroatoms. The van der Waals surface area contributed by atoms with Crippen LogP contribution in [0.15, 0.2) is 53.3 Å². The molecule has 4 rings (SSSR count). The van der Waals surface area contributed by atoms with E-state index in [4.69, 9.17) is 4.74 Å². The molecule has 0 aliphatic heterocycles. The number of aryl methyl sites for hydroxylation is 2. The van der Waals surface area contributed by atoms with E-state index in [1.807, 2.05) is 50.2 Å². The molecule has 3 heterocycles. The monoisotopic (exact) mass is 390 g/mol. The van der Waals surface area contributed by atoms with Crippen molar-refractivity contribution in [3.8, 4) is 11.4 Å². The number of hydrogen-bond donors (Lipinski definition) is 0. The van der Waals surface area contributed by atoms with Crippen molar-refractivity contribution in [2.45, 2.75) is 27.0 Å². The molecule has 0 radical (unpaired) electrons. The highest BCUT2D eigenvalue weighted by atomic mass is 16.5. The lowest BCUT2D eigenvalue weighted by Gasteiger charge is -2.07. The maximum absolute atomic E-state index is 12.3. The molecule has 0 atom stereocenters. The van der Waals surface area contributed by atoms with Crippen LogP contribution in [0.25, 0.3) is 17.0 Å². The van der Waals surface area contributed by atoms with E-state index in [0.29, 0.717) is 17.2 Å². The molecule has 0 N–H and O–H groups in total. The maximum atomic E-state index is 12.3. The summed E-state index contributed by atoms with van der Waals surface area (Å²) in [5.41, 5.74) is 3.38. The molecular formula is C20H18N6O3. The second-order valence-electron chi connectivity index (χ2n) is 6.62. The van der Waals surface area contributed by atoms with E-state index in [1.54, 1.807) is 6.07 Å². The first kappa shape index (κ1) is 18.5. The number of tetrazole rings is 1. The zero-order valence-electron chi connectivity index (χ0n) is 15.9. The van der Waals surface area contributed by atoms with Gasteiger partial charge in [0.2, 0.25) is 5.82 Å².